The fraction of sp³-hybridized carbons (Fsp3) is 0.125. The van der Waals surface area contributed by atoms with Crippen molar-refractivity contribution in [2.75, 3.05) is 5.73 Å². The van der Waals surface area contributed by atoms with Crippen LogP contribution in [0.4, 0.5) is 5.82 Å². The third kappa shape index (κ3) is 3.39. The van der Waals surface area contributed by atoms with Gasteiger partial charge in [-0.1, -0.05) is 30.3 Å². The zero-order valence-electron chi connectivity index (χ0n) is 18.1. The Hall–Kier alpha value is -4.53. The number of nitrogens with zero attached hydrogens (tertiary/aromatic N) is 5. The van der Waals surface area contributed by atoms with Crippen molar-refractivity contribution >= 4 is 28.3 Å². The van der Waals surface area contributed by atoms with Crippen molar-refractivity contribution in [2.45, 2.75) is 19.9 Å². The van der Waals surface area contributed by atoms with Crippen molar-refractivity contribution in [2.24, 2.45) is 0 Å². The van der Waals surface area contributed by atoms with Crippen LogP contribution in [0.25, 0.3) is 22.2 Å². The van der Waals surface area contributed by atoms with Crippen LogP contribution in [0, 0.1) is 6.92 Å². The smallest absolute Gasteiger partial charge is 0.266 e. The number of hydrogen-bond acceptors (Lipinski definition) is 6. The normalized spacial score (nSPS) is 12.2. The lowest BCUT2D eigenvalue weighted by atomic mass is 10.1. The zero-order chi connectivity index (χ0) is 23.1. The number of amides is 1. The van der Waals surface area contributed by atoms with Gasteiger partial charge in [0.15, 0.2) is 11.5 Å². The minimum absolute atomic E-state index is 0.0703. The summed E-state index contributed by atoms with van der Waals surface area (Å²) < 4.78 is 2.99. The first-order valence-electron chi connectivity index (χ1n) is 10.4. The van der Waals surface area contributed by atoms with E-state index in [4.69, 9.17) is 10.7 Å². The molecule has 0 saturated heterocycles. The molecule has 0 aliphatic carbocycles. The van der Waals surface area contributed by atoms with Crippen LogP contribution in [0.3, 0.4) is 0 Å². The molecule has 9 nitrogen and oxygen atoms in total. The number of rotatable bonds is 4. The summed E-state index contributed by atoms with van der Waals surface area (Å²) in [6.07, 6.45) is 3.23. The largest absolute Gasteiger partial charge is 0.381 e. The van der Waals surface area contributed by atoms with E-state index in [2.05, 4.69) is 15.4 Å². The summed E-state index contributed by atoms with van der Waals surface area (Å²) in [7, 11) is 0. The number of nitrogens with one attached hydrogen (secondary N) is 1. The summed E-state index contributed by atoms with van der Waals surface area (Å²) in [6.45, 7) is 3.66. The van der Waals surface area contributed by atoms with Gasteiger partial charge in [0.1, 0.15) is 11.4 Å². The molecule has 164 valence electrons. The first-order valence-corrected chi connectivity index (χ1v) is 10.4. The van der Waals surface area contributed by atoms with Crippen LogP contribution in [-0.2, 0) is 0 Å². The molecule has 3 heterocycles. The Balaban J connectivity index is 1.64. The quantitative estimate of drug-likeness (QED) is 0.444. The van der Waals surface area contributed by atoms with Crippen LogP contribution in [0.1, 0.15) is 34.7 Å². The van der Waals surface area contributed by atoms with E-state index in [9.17, 15) is 9.59 Å². The molecule has 33 heavy (non-hydrogen) atoms. The Kier molecular flexibility index (Phi) is 4.86. The van der Waals surface area contributed by atoms with Crippen LogP contribution in [0.5, 0.6) is 0 Å². The number of aryl methyl sites for hydroxylation is 1. The lowest BCUT2D eigenvalue weighted by Crippen LogP contribution is -2.33. The van der Waals surface area contributed by atoms with Crippen LogP contribution in [0.2, 0.25) is 0 Å². The Morgan fingerprint density at radius 1 is 1.09 bits per heavy atom. The third-order valence-corrected chi connectivity index (χ3v) is 5.53. The molecule has 1 amide bonds. The fourth-order valence-electron chi connectivity index (χ4n) is 3.99. The molecule has 3 aromatic heterocycles. The van der Waals surface area contributed by atoms with Crippen LogP contribution in [-0.4, -0.2) is 30.1 Å². The van der Waals surface area contributed by atoms with E-state index in [1.165, 1.54) is 9.08 Å². The molecule has 0 bridgehead atoms. The van der Waals surface area contributed by atoms with Crippen molar-refractivity contribution in [3.63, 3.8) is 0 Å². The fourth-order valence-corrected chi connectivity index (χ4v) is 3.99. The number of fused-ring (bicyclic) bond motifs is 2. The van der Waals surface area contributed by atoms with Gasteiger partial charge in [-0.25, -0.2) is 14.5 Å². The van der Waals surface area contributed by atoms with E-state index in [0.717, 1.165) is 5.56 Å². The van der Waals surface area contributed by atoms with Gasteiger partial charge in [0.05, 0.1) is 22.6 Å². The van der Waals surface area contributed by atoms with Gasteiger partial charge in [0, 0.05) is 12.4 Å². The maximum Gasteiger partial charge on any atom is 0.266 e. The molecule has 0 fully saturated rings. The molecule has 1 unspecified atom stereocenters. The molecule has 0 spiro atoms. The standard InChI is InChI=1S/C24H21N7O2/c1-14-8-6-11-17-18(14)24(33)31(16-9-4-3-5-10-16)21(28-17)15(2)27-23(32)19-20(25)29-30-13-7-12-26-22(19)30/h3-13,15H,1-2H3,(H2,25,29)(H,27,32). The van der Waals surface area contributed by atoms with Crippen molar-refractivity contribution in [1.29, 1.82) is 0 Å². The number of hydrogen-bond donors (Lipinski definition) is 2. The third-order valence-electron chi connectivity index (χ3n) is 5.53. The van der Waals surface area contributed by atoms with Gasteiger partial charge in [-0.15, -0.1) is 5.10 Å². The molecule has 3 N–H and O–H groups in total. The molecule has 0 saturated carbocycles. The highest BCUT2D eigenvalue weighted by Crippen LogP contribution is 2.21. The first-order chi connectivity index (χ1) is 16.0. The highest BCUT2D eigenvalue weighted by molar-refractivity contribution is 6.04. The number of para-hydroxylation sites is 1. The predicted octanol–water partition coefficient (Wildman–Crippen LogP) is 2.81. The topological polar surface area (TPSA) is 120 Å². The van der Waals surface area contributed by atoms with E-state index < -0.39 is 11.9 Å². The van der Waals surface area contributed by atoms with E-state index in [1.54, 1.807) is 31.5 Å². The van der Waals surface area contributed by atoms with Gasteiger partial charge in [0.25, 0.3) is 11.5 Å². The average molecular weight is 439 g/mol. The molecule has 0 aliphatic rings. The average Bonchev–Trinajstić information content (AvgIpc) is 3.15. The Bertz CT molecular complexity index is 1570. The minimum Gasteiger partial charge on any atom is -0.381 e. The zero-order valence-corrected chi connectivity index (χ0v) is 18.1. The lowest BCUT2D eigenvalue weighted by Gasteiger charge is -2.20. The second kappa shape index (κ2) is 7.86. The second-order valence-corrected chi connectivity index (χ2v) is 7.76. The summed E-state index contributed by atoms with van der Waals surface area (Å²) in [5.41, 5.74) is 8.39. The number of nitrogens with two attached hydrogens (primary N) is 1. The second-order valence-electron chi connectivity index (χ2n) is 7.76. The molecule has 5 rings (SSSR count). The lowest BCUT2D eigenvalue weighted by molar-refractivity contribution is 0.0940. The summed E-state index contributed by atoms with van der Waals surface area (Å²) in [5, 5.41) is 7.60. The molecule has 1 atom stereocenters. The molecule has 5 aromatic rings. The summed E-state index contributed by atoms with van der Waals surface area (Å²) in [5.74, 6) is 0.0218. The van der Waals surface area contributed by atoms with Gasteiger partial charge in [0.2, 0.25) is 0 Å². The minimum atomic E-state index is -0.617. The summed E-state index contributed by atoms with van der Waals surface area (Å²) in [4.78, 5) is 35.8. The van der Waals surface area contributed by atoms with E-state index in [1.807, 2.05) is 49.4 Å². The monoisotopic (exact) mass is 439 g/mol. The maximum absolute atomic E-state index is 13.6. The Morgan fingerprint density at radius 3 is 2.67 bits per heavy atom. The number of carbonyl (C=O) groups is 1. The van der Waals surface area contributed by atoms with E-state index in [0.29, 0.717) is 28.1 Å². The van der Waals surface area contributed by atoms with Crippen molar-refractivity contribution in [3.8, 4) is 5.69 Å². The molecular formula is C24H21N7O2. The van der Waals surface area contributed by atoms with E-state index >= 15 is 0 Å². The van der Waals surface area contributed by atoms with Crippen LogP contribution < -0.4 is 16.6 Å². The van der Waals surface area contributed by atoms with Gasteiger partial charge < -0.3 is 11.1 Å². The number of aromatic nitrogens is 5. The van der Waals surface area contributed by atoms with Crippen LogP contribution in [0.15, 0.2) is 71.8 Å². The Morgan fingerprint density at radius 2 is 1.88 bits per heavy atom. The number of benzene rings is 2. The maximum atomic E-state index is 13.6. The molecule has 0 aliphatic heterocycles. The number of anilines is 1. The highest BCUT2D eigenvalue weighted by Gasteiger charge is 2.24. The first kappa shape index (κ1) is 20.4. The van der Waals surface area contributed by atoms with Crippen molar-refractivity contribution in [3.05, 3.63) is 94.3 Å². The van der Waals surface area contributed by atoms with E-state index in [-0.39, 0.29) is 16.9 Å². The molecule has 2 aromatic carbocycles. The molecular weight excluding hydrogens is 418 g/mol. The number of nitrogen functional groups attached to an aromatic ring is 1. The highest BCUT2D eigenvalue weighted by atomic mass is 16.2. The molecule has 0 radical (unpaired) electrons. The summed E-state index contributed by atoms with van der Waals surface area (Å²) >= 11 is 0. The van der Waals surface area contributed by atoms with Crippen molar-refractivity contribution in [1.82, 2.24) is 29.5 Å². The van der Waals surface area contributed by atoms with Gasteiger partial charge in [-0.2, -0.15) is 0 Å². The Labute approximate surface area is 188 Å². The van der Waals surface area contributed by atoms with Gasteiger partial charge >= 0.3 is 0 Å². The SMILES string of the molecule is Cc1cccc2nc(C(C)NC(=O)c3c(N)nn4cccnc34)n(-c3ccccc3)c(=O)c12. The number of carbonyl (C=O) groups excluding carboxylic acids is 1. The van der Waals surface area contributed by atoms with Crippen LogP contribution >= 0.6 is 0 Å². The van der Waals surface area contributed by atoms with Gasteiger partial charge in [-0.3, -0.25) is 14.2 Å². The van der Waals surface area contributed by atoms with Gasteiger partial charge in [-0.05, 0) is 43.7 Å². The van der Waals surface area contributed by atoms with Crippen molar-refractivity contribution < 1.29 is 4.79 Å². The predicted molar refractivity (Wildman–Crippen MR) is 125 cm³/mol. The molecule has 9 heteroatoms. The summed E-state index contributed by atoms with van der Waals surface area (Å²) in [6, 6.07) is 15.9.